The van der Waals surface area contributed by atoms with E-state index in [4.69, 9.17) is 15.6 Å². The molecule has 1 unspecified atom stereocenters. The zero-order chi connectivity index (χ0) is 12.3. The number of nitrogens with two attached hydrogens (primary N) is 1. The highest BCUT2D eigenvalue weighted by atomic mass is 16.5. The minimum atomic E-state index is 0.288. The van der Waals surface area contributed by atoms with Gasteiger partial charge in [0.1, 0.15) is 5.75 Å². The second-order valence-electron chi connectivity index (χ2n) is 4.69. The second-order valence-corrected chi connectivity index (χ2v) is 4.69. The van der Waals surface area contributed by atoms with Crippen molar-refractivity contribution in [3.05, 3.63) is 23.8 Å². The Hall–Kier alpha value is -1.26. The van der Waals surface area contributed by atoms with Gasteiger partial charge in [-0.25, -0.2) is 0 Å². The molecule has 0 spiro atoms. The van der Waals surface area contributed by atoms with E-state index in [2.05, 4.69) is 4.90 Å². The molecule has 0 radical (unpaired) electrons. The Morgan fingerprint density at radius 2 is 2.29 bits per heavy atom. The third-order valence-corrected chi connectivity index (χ3v) is 3.26. The Kier molecular flexibility index (Phi) is 3.86. The molecule has 0 bridgehead atoms. The Labute approximate surface area is 102 Å². The smallest absolute Gasteiger partial charge is 0.121 e. The van der Waals surface area contributed by atoms with Crippen LogP contribution < -0.4 is 10.5 Å². The lowest BCUT2D eigenvalue weighted by Gasteiger charge is -2.16. The Bertz CT molecular complexity index is 382. The van der Waals surface area contributed by atoms with Crippen LogP contribution in [0.15, 0.2) is 18.2 Å². The number of benzene rings is 1. The number of nitrogen functional groups attached to an aromatic ring is 1. The van der Waals surface area contributed by atoms with E-state index in [9.17, 15) is 0 Å². The number of hydrogen-bond donors (Lipinski definition) is 2. The molecule has 2 rings (SSSR count). The summed E-state index contributed by atoms with van der Waals surface area (Å²) in [6, 6.07) is 5.82. The molecule has 1 aromatic carbocycles. The van der Waals surface area contributed by atoms with Crippen LogP contribution >= 0.6 is 0 Å². The predicted octanol–water partition coefficient (Wildman–Crippen LogP) is 1.09. The van der Waals surface area contributed by atoms with Gasteiger partial charge in [-0.15, -0.1) is 0 Å². The fourth-order valence-electron chi connectivity index (χ4n) is 2.36. The normalized spacial score (nSPS) is 20.7. The van der Waals surface area contributed by atoms with E-state index >= 15 is 0 Å². The lowest BCUT2D eigenvalue weighted by Crippen LogP contribution is -2.21. The molecule has 1 atom stereocenters. The number of hydrogen-bond acceptors (Lipinski definition) is 4. The molecule has 1 aliphatic rings. The molecule has 17 heavy (non-hydrogen) atoms. The molecule has 1 fully saturated rings. The average Bonchev–Trinajstić information content (AvgIpc) is 2.76. The number of ether oxygens (including phenoxy) is 1. The third-order valence-electron chi connectivity index (χ3n) is 3.26. The zero-order valence-electron chi connectivity index (χ0n) is 10.2. The summed E-state index contributed by atoms with van der Waals surface area (Å²) in [5.74, 6) is 1.23. The summed E-state index contributed by atoms with van der Waals surface area (Å²) < 4.78 is 5.20. The summed E-state index contributed by atoms with van der Waals surface area (Å²) in [4.78, 5) is 2.34. The van der Waals surface area contributed by atoms with Crippen LogP contribution in [-0.2, 0) is 6.54 Å². The molecule has 0 amide bonds. The number of methoxy groups -OCH3 is 1. The summed E-state index contributed by atoms with van der Waals surface area (Å²) in [6.07, 6.45) is 1.08. The number of anilines is 1. The molecule has 94 valence electrons. The highest BCUT2D eigenvalue weighted by Crippen LogP contribution is 2.22. The minimum absolute atomic E-state index is 0.288. The topological polar surface area (TPSA) is 58.7 Å². The van der Waals surface area contributed by atoms with Crippen LogP contribution in [-0.4, -0.2) is 36.8 Å². The fourth-order valence-corrected chi connectivity index (χ4v) is 2.36. The lowest BCUT2D eigenvalue weighted by atomic mass is 10.1. The van der Waals surface area contributed by atoms with Gasteiger partial charge >= 0.3 is 0 Å². The molecule has 0 aromatic heterocycles. The maximum Gasteiger partial charge on any atom is 0.121 e. The van der Waals surface area contributed by atoms with E-state index in [0.29, 0.717) is 5.92 Å². The van der Waals surface area contributed by atoms with Crippen LogP contribution in [0.3, 0.4) is 0 Å². The molecular weight excluding hydrogens is 216 g/mol. The zero-order valence-corrected chi connectivity index (χ0v) is 10.2. The summed E-state index contributed by atoms with van der Waals surface area (Å²) in [6.45, 7) is 3.17. The molecule has 4 nitrogen and oxygen atoms in total. The molecule has 1 saturated heterocycles. The Balaban J connectivity index is 2.01. The Morgan fingerprint density at radius 1 is 1.47 bits per heavy atom. The molecule has 1 aromatic rings. The molecular formula is C13H20N2O2. The van der Waals surface area contributed by atoms with Gasteiger partial charge in [-0.2, -0.15) is 0 Å². The predicted molar refractivity (Wildman–Crippen MR) is 67.9 cm³/mol. The van der Waals surface area contributed by atoms with Crippen LogP contribution in [0.1, 0.15) is 12.0 Å². The Morgan fingerprint density at radius 3 is 2.94 bits per heavy atom. The first-order valence-electron chi connectivity index (χ1n) is 5.98. The maximum atomic E-state index is 9.11. The van der Waals surface area contributed by atoms with Crippen molar-refractivity contribution in [2.75, 3.05) is 32.5 Å². The standard InChI is InChI=1S/C13H20N2O2/c1-17-13-5-11(4-12(14)6-13)8-15-3-2-10(7-15)9-16/h4-6,10,16H,2-3,7-9,14H2,1H3. The van der Waals surface area contributed by atoms with Gasteiger partial charge in [0.25, 0.3) is 0 Å². The van der Waals surface area contributed by atoms with Crippen molar-refractivity contribution in [1.82, 2.24) is 4.90 Å². The van der Waals surface area contributed by atoms with Crippen LogP contribution in [0.25, 0.3) is 0 Å². The first-order valence-corrected chi connectivity index (χ1v) is 5.98. The fraction of sp³-hybridized carbons (Fsp3) is 0.538. The highest BCUT2D eigenvalue weighted by Gasteiger charge is 2.21. The number of likely N-dealkylation sites (tertiary alicyclic amines) is 1. The van der Waals surface area contributed by atoms with Crippen LogP contribution in [0.4, 0.5) is 5.69 Å². The number of aliphatic hydroxyl groups excluding tert-OH is 1. The summed E-state index contributed by atoms with van der Waals surface area (Å²) in [5.41, 5.74) is 7.72. The van der Waals surface area contributed by atoms with E-state index in [1.54, 1.807) is 7.11 Å². The van der Waals surface area contributed by atoms with Crippen molar-refractivity contribution in [1.29, 1.82) is 0 Å². The molecule has 1 aliphatic heterocycles. The van der Waals surface area contributed by atoms with Crippen molar-refractivity contribution in [2.24, 2.45) is 5.92 Å². The van der Waals surface area contributed by atoms with E-state index in [1.165, 1.54) is 5.56 Å². The third kappa shape index (κ3) is 3.11. The number of aliphatic hydroxyl groups is 1. The van der Waals surface area contributed by atoms with Gasteiger partial charge in [0.15, 0.2) is 0 Å². The van der Waals surface area contributed by atoms with Gasteiger partial charge in [-0.05, 0) is 36.6 Å². The molecule has 3 N–H and O–H groups in total. The summed E-state index contributed by atoms with van der Waals surface area (Å²) in [5, 5.41) is 9.11. The molecule has 0 saturated carbocycles. The van der Waals surface area contributed by atoms with Crippen LogP contribution in [0, 0.1) is 5.92 Å². The van der Waals surface area contributed by atoms with E-state index in [0.717, 1.165) is 37.5 Å². The molecule has 1 heterocycles. The molecule has 0 aliphatic carbocycles. The first kappa shape index (κ1) is 12.2. The van der Waals surface area contributed by atoms with Gasteiger partial charge in [0.05, 0.1) is 7.11 Å². The van der Waals surface area contributed by atoms with E-state index in [1.807, 2.05) is 18.2 Å². The maximum absolute atomic E-state index is 9.11. The minimum Gasteiger partial charge on any atom is -0.497 e. The summed E-state index contributed by atoms with van der Waals surface area (Å²) in [7, 11) is 1.65. The van der Waals surface area contributed by atoms with Crippen molar-refractivity contribution in [3.8, 4) is 5.75 Å². The van der Waals surface area contributed by atoms with Crippen molar-refractivity contribution in [2.45, 2.75) is 13.0 Å². The summed E-state index contributed by atoms with van der Waals surface area (Å²) >= 11 is 0. The SMILES string of the molecule is COc1cc(N)cc(CN2CCC(CO)C2)c1. The van der Waals surface area contributed by atoms with Gasteiger partial charge in [-0.3, -0.25) is 4.90 Å². The highest BCUT2D eigenvalue weighted by molar-refractivity contribution is 5.47. The lowest BCUT2D eigenvalue weighted by molar-refractivity contribution is 0.220. The second kappa shape index (κ2) is 5.38. The van der Waals surface area contributed by atoms with Crippen LogP contribution in [0.5, 0.6) is 5.75 Å². The van der Waals surface area contributed by atoms with E-state index in [-0.39, 0.29) is 6.61 Å². The van der Waals surface area contributed by atoms with Gasteiger partial charge in [0, 0.05) is 31.5 Å². The average molecular weight is 236 g/mol. The number of nitrogens with zero attached hydrogens (tertiary/aromatic N) is 1. The number of rotatable bonds is 4. The quantitative estimate of drug-likeness (QED) is 0.768. The van der Waals surface area contributed by atoms with Crippen molar-refractivity contribution < 1.29 is 9.84 Å². The van der Waals surface area contributed by atoms with Gasteiger partial charge < -0.3 is 15.6 Å². The van der Waals surface area contributed by atoms with E-state index < -0.39 is 0 Å². The van der Waals surface area contributed by atoms with Crippen molar-refractivity contribution >= 4 is 5.69 Å². The van der Waals surface area contributed by atoms with Crippen LogP contribution in [0.2, 0.25) is 0 Å². The molecule has 4 heteroatoms. The van der Waals surface area contributed by atoms with Crippen molar-refractivity contribution in [3.63, 3.8) is 0 Å². The van der Waals surface area contributed by atoms with Gasteiger partial charge in [-0.1, -0.05) is 0 Å². The van der Waals surface area contributed by atoms with Gasteiger partial charge in [0.2, 0.25) is 0 Å². The monoisotopic (exact) mass is 236 g/mol. The largest absolute Gasteiger partial charge is 0.497 e. The first-order chi connectivity index (χ1) is 8.21.